The third-order valence-corrected chi connectivity index (χ3v) is 5.00. The van der Waals surface area contributed by atoms with Gasteiger partial charge in [0.15, 0.2) is 0 Å². The van der Waals surface area contributed by atoms with Gasteiger partial charge < -0.3 is 0 Å². The van der Waals surface area contributed by atoms with E-state index in [1.54, 1.807) is 6.20 Å². The van der Waals surface area contributed by atoms with E-state index in [-0.39, 0.29) is 11.8 Å². The van der Waals surface area contributed by atoms with Crippen LogP contribution in [0.15, 0.2) is 12.3 Å². The summed E-state index contributed by atoms with van der Waals surface area (Å²) in [7, 11) is -3.08. The third kappa shape index (κ3) is 4.59. The molecule has 2 N–H and O–H groups in total. The monoisotopic (exact) mass is 286 g/mol. The van der Waals surface area contributed by atoms with E-state index in [1.165, 1.54) is 0 Å². The lowest BCUT2D eigenvalue weighted by molar-refractivity contribution is 0.198. The number of nitrogens with one attached hydrogen (secondary N) is 2. The van der Waals surface area contributed by atoms with E-state index in [2.05, 4.69) is 19.8 Å². The van der Waals surface area contributed by atoms with Gasteiger partial charge in [0.05, 0.1) is 5.75 Å². The second kappa shape index (κ2) is 6.49. The van der Waals surface area contributed by atoms with E-state index < -0.39 is 10.0 Å². The first-order valence-electron chi connectivity index (χ1n) is 6.79. The van der Waals surface area contributed by atoms with Gasteiger partial charge in [0.25, 0.3) is 0 Å². The molecule has 0 bridgehead atoms. The van der Waals surface area contributed by atoms with Crippen LogP contribution in [0.5, 0.6) is 0 Å². The summed E-state index contributed by atoms with van der Waals surface area (Å²) >= 11 is 0. The Morgan fingerprint density at radius 2 is 2.21 bits per heavy atom. The van der Waals surface area contributed by atoms with Gasteiger partial charge in [-0.15, -0.1) is 0 Å². The Bertz CT molecular complexity index is 464. The Balaban J connectivity index is 1.76. The molecule has 2 rings (SSSR count). The fraction of sp³-hybridized carbons (Fsp3) is 0.750. The van der Waals surface area contributed by atoms with Crippen LogP contribution in [-0.2, 0) is 16.6 Å². The van der Waals surface area contributed by atoms with Crippen LogP contribution in [0.3, 0.4) is 0 Å². The van der Waals surface area contributed by atoms with E-state index in [0.717, 1.165) is 38.2 Å². The van der Waals surface area contributed by atoms with E-state index >= 15 is 0 Å². The normalized spacial score (nSPS) is 18.8. The van der Waals surface area contributed by atoms with Gasteiger partial charge in [0.1, 0.15) is 0 Å². The summed E-state index contributed by atoms with van der Waals surface area (Å²) in [6, 6.07) is 2.06. The summed E-state index contributed by atoms with van der Waals surface area (Å²) in [5.41, 5.74) is 1.10. The van der Waals surface area contributed by atoms with Gasteiger partial charge in [-0.3, -0.25) is 10.00 Å². The highest BCUT2D eigenvalue weighted by Crippen LogP contribution is 2.13. The van der Waals surface area contributed by atoms with Crippen molar-refractivity contribution in [1.29, 1.82) is 0 Å². The molecule has 1 aliphatic heterocycles. The minimum Gasteiger partial charge on any atom is -0.297 e. The molecule has 1 saturated heterocycles. The van der Waals surface area contributed by atoms with Gasteiger partial charge >= 0.3 is 0 Å². The maximum absolute atomic E-state index is 11.7. The van der Waals surface area contributed by atoms with Crippen molar-refractivity contribution in [2.24, 2.45) is 0 Å². The molecule has 7 heteroatoms. The number of aromatic nitrogens is 2. The van der Waals surface area contributed by atoms with Crippen molar-refractivity contribution in [3.05, 3.63) is 18.0 Å². The smallest absolute Gasteiger partial charge is 0.211 e. The summed E-state index contributed by atoms with van der Waals surface area (Å²) < 4.78 is 26.2. The average Bonchev–Trinajstić information content (AvgIpc) is 2.84. The van der Waals surface area contributed by atoms with Crippen molar-refractivity contribution >= 4 is 10.0 Å². The first kappa shape index (κ1) is 14.5. The molecule has 0 radical (unpaired) electrons. The van der Waals surface area contributed by atoms with Gasteiger partial charge in [-0.05, 0) is 25.3 Å². The number of likely N-dealkylation sites (tertiary alicyclic amines) is 1. The summed E-state index contributed by atoms with van der Waals surface area (Å²) in [6.07, 6.45) is 4.16. The second-order valence-electron chi connectivity index (χ2n) is 5.07. The Kier molecular flexibility index (Phi) is 4.95. The first-order chi connectivity index (χ1) is 9.09. The van der Waals surface area contributed by atoms with Gasteiger partial charge in [-0.1, -0.05) is 6.92 Å². The van der Waals surface area contributed by atoms with Crippen LogP contribution in [0.25, 0.3) is 0 Å². The molecule has 0 unspecified atom stereocenters. The summed E-state index contributed by atoms with van der Waals surface area (Å²) in [5.74, 6) is 0.224. The van der Waals surface area contributed by atoms with Crippen LogP contribution in [0.2, 0.25) is 0 Å². The molecular weight excluding hydrogens is 264 g/mol. The zero-order valence-electron chi connectivity index (χ0n) is 11.3. The van der Waals surface area contributed by atoms with Crippen LogP contribution >= 0.6 is 0 Å². The SMILES string of the molecule is CCCS(=O)(=O)NC1CCN(Cc2ccn[nH]2)CC1. The maximum Gasteiger partial charge on any atom is 0.211 e. The van der Waals surface area contributed by atoms with Gasteiger partial charge in [0.2, 0.25) is 10.0 Å². The molecule has 108 valence electrons. The molecule has 1 aromatic rings. The molecule has 0 atom stereocenters. The number of rotatable bonds is 6. The maximum atomic E-state index is 11.7. The molecule has 19 heavy (non-hydrogen) atoms. The van der Waals surface area contributed by atoms with Crippen LogP contribution in [0, 0.1) is 0 Å². The number of nitrogens with zero attached hydrogens (tertiary/aromatic N) is 2. The minimum absolute atomic E-state index is 0.0922. The van der Waals surface area contributed by atoms with Crippen molar-refractivity contribution in [1.82, 2.24) is 19.8 Å². The van der Waals surface area contributed by atoms with Gasteiger partial charge in [-0.25, -0.2) is 13.1 Å². The highest BCUT2D eigenvalue weighted by atomic mass is 32.2. The second-order valence-corrected chi connectivity index (χ2v) is 6.94. The molecule has 1 fully saturated rings. The fourth-order valence-electron chi connectivity index (χ4n) is 2.40. The lowest BCUT2D eigenvalue weighted by atomic mass is 10.1. The molecule has 2 heterocycles. The Labute approximate surface area is 114 Å². The number of sulfonamides is 1. The first-order valence-corrected chi connectivity index (χ1v) is 8.45. The molecule has 6 nitrogen and oxygen atoms in total. The van der Waals surface area contributed by atoms with Crippen molar-refractivity contribution in [3.8, 4) is 0 Å². The quantitative estimate of drug-likeness (QED) is 0.807. The summed E-state index contributed by atoms with van der Waals surface area (Å²) in [6.45, 7) is 4.57. The van der Waals surface area contributed by atoms with Crippen LogP contribution in [-0.4, -0.2) is 48.4 Å². The summed E-state index contributed by atoms with van der Waals surface area (Å²) in [4.78, 5) is 2.32. The van der Waals surface area contributed by atoms with Gasteiger partial charge in [0, 0.05) is 37.6 Å². The zero-order valence-corrected chi connectivity index (χ0v) is 12.1. The van der Waals surface area contributed by atoms with E-state index in [9.17, 15) is 8.42 Å². The molecule has 0 aromatic carbocycles. The van der Waals surface area contributed by atoms with Crippen LogP contribution < -0.4 is 4.72 Å². The predicted octanol–water partition coefficient (Wildman–Crippen LogP) is 0.703. The van der Waals surface area contributed by atoms with Crippen molar-refractivity contribution in [3.63, 3.8) is 0 Å². The Morgan fingerprint density at radius 1 is 1.47 bits per heavy atom. The van der Waals surface area contributed by atoms with E-state index in [4.69, 9.17) is 0 Å². The number of hydrogen-bond donors (Lipinski definition) is 2. The van der Waals surface area contributed by atoms with Gasteiger partial charge in [-0.2, -0.15) is 5.10 Å². The van der Waals surface area contributed by atoms with Crippen LogP contribution in [0.4, 0.5) is 0 Å². The Morgan fingerprint density at radius 3 is 2.79 bits per heavy atom. The lowest BCUT2D eigenvalue weighted by Crippen LogP contribution is -2.44. The third-order valence-electron chi connectivity index (χ3n) is 3.36. The molecule has 0 spiro atoms. The topological polar surface area (TPSA) is 78.1 Å². The average molecular weight is 286 g/mol. The zero-order chi connectivity index (χ0) is 13.7. The number of piperidine rings is 1. The van der Waals surface area contributed by atoms with E-state index in [0.29, 0.717) is 6.42 Å². The molecule has 0 saturated carbocycles. The number of hydrogen-bond acceptors (Lipinski definition) is 4. The van der Waals surface area contributed by atoms with Crippen LogP contribution in [0.1, 0.15) is 31.9 Å². The predicted molar refractivity (Wildman–Crippen MR) is 74.1 cm³/mol. The van der Waals surface area contributed by atoms with Crippen molar-refractivity contribution in [2.75, 3.05) is 18.8 Å². The molecule has 0 amide bonds. The number of H-pyrrole nitrogens is 1. The standard InChI is InChI=1S/C12H22N4O2S/c1-2-9-19(17,18)15-11-4-7-16(8-5-11)10-12-3-6-13-14-12/h3,6,11,15H,2,4-5,7-10H2,1H3,(H,13,14). The number of aromatic amines is 1. The largest absolute Gasteiger partial charge is 0.297 e. The van der Waals surface area contributed by atoms with Crippen molar-refractivity contribution < 1.29 is 8.42 Å². The Hall–Kier alpha value is -0.920. The molecule has 1 aromatic heterocycles. The molecule has 1 aliphatic rings. The minimum atomic E-state index is -3.08. The molecular formula is C12H22N4O2S. The lowest BCUT2D eigenvalue weighted by Gasteiger charge is -2.31. The fourth-order valence-corrected chi connectivity index (χ4v) is 3.80. The highest BCUT2D eigenvalue weighted by Gasteiger charge is 2.23. The molecule has 0 aliphatic carbocycles. The highest BCUT2D eigenvalue weighted by molar-refractivity contribution is 7.89. The van der Waals surface area contributed by atoms with Crippen molar-refractivity contribution in [2.45, 2.75) is 38.8 Å². The van der Waals surface area contributed by atoms with E-state index in [1.807, 2.05) is 13.0 Å². The summed E-state index contributed by atoms with van der Waals surface area (Å²) in [5, 5.41) is 6.88.